The van der Waals surface area contributed by atoms with Crippen LogP contribution >= 0.6 is 0 Å². The first-order chi connectivity index (χ1) is 12.1. The topological polar surface area (TPSA) is 98.8 Å². The average Bonchev–Trinajstić information content (AvgIpc) is 2.66. The first-order valence-corrected chi connectivity index (χ1v) is 7.38. The maximum atomic E-state index is 12.1. The fourth-order valence-corrected chi connectivity index (χ4v) is 2.21. The Morgan fingerprint density at radius 1 is 0.960 bits per heavy atom. The van der Waals surface area contributed by atoms with Gasteiger partial charge in [-0.3, -0.25) is 25.4 Å². The zero-order chi connectivity index (χ0) is 18.2. The lowest BCUT2D eigenvalue weighted by atomic mass is 10.1. The molecule has 0 aliphatic rings. The fourth-order valence-electron chi connectivity index (χ4n) is 2.21. The molecule has 0 fully saturated rings. The molecule has 1 aromatic carbocycles. The van der Waals surface area contributed by atoms with E-state index in [0.29, 0.717) is 22.8 Å². The van der Waals surface area contributed by atoms with Crippen LogP contribution in [0.5, 0.6) is 17.2 Å². The Bertz CT molecular complexity index is 749. The van der Waals surface area contributed by atoms with E-state index in [1.807, 2.05) is 0 Å². The number of carbonyl (C=O) groups is 2. The molecule has 0 radical (unpaired) electrons. The van der Waals surface area contributed by atoms with E-state index < -0.39 is 11.8 Å². The maximum absolute atomic E-state index is 12.1. The summed E-state index contributed by atoms with van der Waals surface area (Å²) in [6.45, 7) is 0. The van der Waals surface area contributed by atoms with Gasteiger partial charge in [0.2, 0.25) is 11.7 Å². The molecule has 0 saturated carbocycles. The van der Waals surface area contributed by atoms with Crippen LogP contribution in [0.25, 0.3) is 0 Å². The highest BCUT2D eigenvalue weighted by Gasteiger charge is 2.18. The molecular weight excluding hydrogens is 326 g/mol. The highest BCUT2D eigenvalue weighted by atomic mass is 16.5. The number of hydrazine groups is 1. The summed E-state index contributed by atoms with van der Waals surface area (Å²) in [7, 11) is 4.47. The SMILES string of the molecule is COc1ccc(CC(=O)NNC(=O)c2ccccn2)c(OC)c1OC. The van der Waals surface area contributed by atoms with Crippen molar-refractivity contribution in [2.75, 3.05) is 21.3 Å². The van der Waals surface area contributed by atoms with Crippen molar-refractivity contribution >= 4 is 11.8 Å². The third-order valence-corrected chi connectivity index (χ3v) is 3.35. The Balaban J connectivity index is 2.04. The zero-order valence-electron chi connectivity index (χ0n) is 14.2. The molecular formula is C17H19N3O5. The molecule has 8 heteroatoms. The molecule has 25 heavy (non-hydrogen) atoms. The lowest BCUT2D eigenvalue weighted by molar-refractivity contribution is -0.121. The van der Waals surface area contributed by atoms with E-state index in [1.165, 1.54) is 27.5 Å². The molecule has 0 unspecified atom stereocenters. The lowest BCUT2D eigenvalue weighted by Crippen LogP contribution is -2.42. The summed E-state index contributed by atoms with van der Waals surface area (Å²) in [5.41, 5.74) is 5.44. The van der Waals surface area contributed by atoms with Gasteiger partial charge in [-0.1, -0.05) is 12.1 Å². The summed E-state index contributed by atoms with van der Waals surface area (Å²) >= 11 is 0. The number of aromatic nitrogens is 1. The van der Waals surface area contributed by atoms with Gasteiger partial charge in [-0.15, -0.1) is 0 Å². The van der Waals surface area contributed by atoms with Crippen LogP contribution in [-0.2, 0) is 11.2 Å². The summed E-state index contributed by atoms with van der Waals surface area (Å²) < 4.78 is 15.8. The van der Waals surface area contributed by atoms with Crippen molar-refractivity contribution in [2.24, 2.45) is 0 Å². The van der Waals surface area contributed by atoms with Crippen LogP contribution in [0.4, 0.5) is 0 Å². The van der Waals surface area contributed by atoms with Crippen molar-refractivity contribution in [3.63, 3.8) is 0 Å². The summed E-state index contributed by atoms with van der Waals surface area (Å²) in [5, 5.41) is 0. The van der Waals surface area contributed by atoms with Gasteiger partial charge in [0.1, 0.15) is 5.69 Å². The van der Waals surface area contributed by atoms with Crippen molar-refractivity contribution < 1.29 is 23.8 Å². The minimum Gasteiger partial charge on any atom is -0.493 e. The summed E-state index contributed by atoms with van der Waals surface area (Å²) in [5.74, 6) is 0.357. The van der Waals surface area contributed by atoms with Gasteiger partial charge in [-0.2, -0.15) is 0 Å². The predicted molar refractivity (Wildman–Crippen MR) is 89.6 cm³/mol. The van der Waals surface area contributed by atoms with Gasteiger partial charge < -0.3 is 14.2 Å². The molecule has 8 nitrogen and oxygen atoms in total. The molecule has 2 aromatic rings. The second kappa shape index (κ2) is 8.53. The van der Waals surface area contributed by atoms with Gasteiger partial charge in [-0.05, 0) is 18.2 Å². The monoisotopic (exact) mass is 345 g/mol. The highest BCUT2D eigenvalue weighted by Crippen LogP contribution is 2.39. The van der Waals surface area contributed by atoms with Crippen molar-refractivity contribution in [1.29, 1.82) is 0 Å². The van der Waals surface area contributed by atoms with Gasteiger partial charge in [0.05, 0.1) is 27.8 Å². The van der Waals surface area contributed by atoms with E-state index in [0.717, 1.165) is 0 Å². The Morgan fingerprint density at radius 2 is 1.72 bits per heavy atom. The summed E-state index contributed by atoms with van der Waals surface area (Å²) in [4.78, 5) is 27.9. The van der Waals surface area contributed by atoms with Crippen LogP contribution in [0.3, 0.4) is 0 Å². The predicted octanol–water partition coefficient (Wildman–Crippen LogP) is 1.11. The number of carbonyl (C=O) groups excluding carboxylic acids is 2. The number of hydrogen-bond acceptors (Lipinski definition) is 6. The third kappa shape index (κ3) is 4.37. The van der Waals surface area contributed by atoms with Crippen LogP contribution in [0.15, 0.2) is 36.5 Å². The number of pyridine rings is 1. The van der Waals surface area contributed by atoms with Crippen molar-refractivity contribution in [2.45, 2.75) is 6.42 Å². The van der Waals surface area contributed by atoms with Crippen LogP contribution in [0.1, 0.15) is 16.1 Å². The maximum Gasteiger partial charge on any atom is 0.288 e. The van der Waals surface area contributed by atoms with Crippen molar-refractivity contribution in [1.82, 2.24) is 15.8 Å². The normalized spacial score (nSPS) is 9.88. The molecule has 0 spiro atoms. The van der Waals surface area contributed by atoms with E-state index in [9.17, 15) is 9.59 Å². The second-order valence-electron chi connectivity index (χ2n) is 4.89. The van der Waals surface area contributed by atoms with E-state index in [2.05, 4.69) is 15.8 Å². The van der Waals surface area contributed by atoms with Crippen LogP contribution in [0.2, 0.25) is 0 Å². The van der Waals surface area contributed by atoms with Gasteiger partial charge in [0, 0.05) is 11.8 Å². The quantitative estimate of drug-likeness (QED) is 0.761. The van der Waals surface area contributed by atoms with Gasteiger partial charge in [0.25, 0.3) is 5.91 Å². The zero-order valence-corrected chi connectivity index (χ0v) is 14.2. The van der Waals surface area contributed by atoms with Crippen LogP contribution in [-0.4, -0.2) is 38.1 Å². The molecule has 2 rings (SSSR count). The molecule has 1 aromatic heterocycles. The minimum absolute atomic E-state index is 0.0218. The number of benzene rings is 1. The molecule has 0 aliphatic carbocycles. The molecule has 0 bridgehead atoms. The highest BCUT2D eigenvalue weighted by molar-refractivity contribution is 5.93. The Morgan fingerprint density at radius 3 is 2.32 bits per heavy atom. The first-order valence-electron chi connectivity index (χ1n) is 7.38. The molecule has 1 heterocycles. The molecule has 2 amide bonds. The lowest BCUT2D eigenvalue weighted by Gasteiger charge is -2.15. The number of methoxy groups -OCH3 is 3. The summed E-state index contributed by atoms with van der Waals surface area (Å²) in [6, 6.07) is 8.28. The molecule has 0 atom stereocenters. The van der Waals surface area contributed by atoms with E-state index in [-0.39, 0.29) is 12.1 Å². The Hall–Kier alpha value is -3.29. The average molecular weight is 345 g/mol. The number of nitrogens with one attached hydrogen (secondary N) is 2. The van der Waals surface area contributed by atoms with Gasteiger partial charge in [0.15, 0.2) is 11.5 Å². The van der Waals surface area contributed by atoms with Gasteiger partial charge in [-0.25, -0.2) is 0 Å². The third-order valence-electron chi connectivity index (χ3n) is 3.35. The van der Waals surface area contributed by atoms with Crippen molar-refractivity contribution in [3.05, 3.63) is 47.8 Å². The number of hydrogen-bond donors (Lipinski definition) is 2. The second-order valence-corrected chi connectivity index (χ2v) is 4.89. The molecule has 2 N–H and O–H groups in total. The van der Waals surface area contributed by atoms with Crippen molar-refractivity contribution in [3.8, 4) is 17.2 Å². The Labute approximate surface area is 145 Å². The van der Waals surface area contributed by atoms with E-state index in [4.69, 9.17) is 14.2 Å². The summed E-state index contributed by atoms with van der Waals surface area (Å²) in [6.07, 6.45) is 1.47. The standard InChI is InChI=1S/C17H19N3O5/c1-23-13-8-7-11(15(24-2)16(13)25-3)10-14(21)19-20-17(22)12-6-4-5-9-18-12/h4-9H,10H2,1-3H3,(H,19,21)(H,20,22). The van der Waals surface area contributed by atoms with Crippen LogP contribution < -0.4 is 25.1 Å². The molecule has 132 valence electrons. The Kier molecular flexibility index (Phi) is 6.16. The minimum atomic E-state index is -0.506. The fraction of sp³-hybridized carbons (Fsp3) is 0.235. The van der Waals surface area contributed by atoms with E-state index >= 15 is 0 Å². The van der Waals surface area contributed by atoms with E-state index in [1.54, 1.807) is 30.3 Å². The smallest absolute Gasteiger partial charge is 0.288 e. The molecule has 0 aliphatic heterocycles. The largest absolute Gasteiger partial charge is 0.493 e. The number of nitrogens with zero attached hydrogens (tertiary/aromatic N) is 1. The first kappa shape index (κ1) is 18.1. The molecule has 0 saturated heterocycles. The van der Waals surface area contributed by atoms with Gasteiger partial charge >= 0.3 is 0 Å². The van der Waals surface area contributed by atoms with Crippen LogP contribution in [0, 0.1) is 0 Å². The number of rotatable bonds is 6. The number of ether oxygens (including phenoxy) is 3. The number of amides is 2.